The molecule has 0 atom stereocenters. The zero-order valence-electron chi connectivity index (χ0n) is 8.64. The maximum absolute atomic E-state index is 11.1. The highest BCUT2D eigenvalue weighted by Crippen LogP contribution is 2.03. The van der Waals surface area contributed by atoms with E-state index in [9.17, 15) is 4.79 Å². The lowest BCUT2D eigenvalue weighted by atomic mass is 10.5. The van der Waals surface area contributed by atoms with Crippen molar-refractivity contribution in [3.05, 3.63) is 22.4 Å². The molecule has 1 aromatic rings. The second-order valence-electron chi connectivity index (χ2n) is 3.05. The SMILES string of the molecule is CN(C)CC(=O)N/N=C/c1cccs1.Cl. The van der Waals surface area contributed by atoms with Gasteiger partial charge in [-0.2, -0.15) is 5.10 Å². The second-order valence-corrected chi connectivity index (χ2v) is 4.03. The van der Waals surface area contributed by atoms with Gasteiger partial charge in [0.05, 0.1) is 12.8 Å². The molecule has 0 saturated carbocycles. The average Bonchev–Trinajstić information content (AvgIpc) is 2.55. The molecular formula is C9H14ClN3OS. The first-order chi connectivity index (χ1) is 6.68. The Hall–Kier alpha value is -0.910. The molecule has 1 amide bonds. The van der Waals surface area contributed by atoms with E-state index in [1.807, 2.05) is 31.6 Å². The van der Waals surface area contributed by atoms with Gasteiger partial charge < -0.3 is 4.90 Å². The Balaban J connectivity index is 0.00000196. The largest absolute Gasteiger partial charge is 0.301 e. The molecule has 1 aromatic heterocycles. The second kappa shape index (κ2) is 7.39. The van der Waals surface area contributed by atoms with Gasteiger partial charge in [-0.1, -0.05) is 6.07 Å². The lowest BCUT2D eigenvalue weighted by molar-refractivity contribution is -0.121. The molecule has 15 heavy (non-hydrogen) atoms. The molecule has 1 heterocycles. The third-order valence-corrected chi connectivity index (χ3v) is 2.19. The van der Waals surface area contributed by atoms with E-state index in [4.69, 9.17) is 0 Å². The van der Waals surface area contributed by atoms with Gasteiger partial charge in [0.2, 0.25) is 0 Å². The molecule has 0 fully saturated rings. The lowest BCUT2D eigenvalue weighted by Crippen LogP contribution is -2.30. The van der Waals surface area contributed by atoms with Gasteiger partial charge in [-0.3, -0.25) is 4.79 Å². The molecule has 0 bridgehead atoms. The van der Waals surface area contributed by atoms with Crippen LogP contribution >= 0.6 is 23.7 Å². The van der Waals surface area contributed by atoms with Crippen LogP contribution in [0, 0.1) is 0 Å². The van der Waals surface area contributed by atoms with Gasteiger partial charge in [-0.05, 0) is 25.5 Å². The first-order valence-corrected chi connectivity index (χ1v) is 5.06. The maximum Gasteiger partial charge on any atom is 0.254 e. The molecule has 1 rings (SSSR count). The van der Waals surface area contributed by atoms with E-state index in [2.05, 4.69) is 10.5 Å². The van der Waals surface area contributed by atoms with Crippen molar-refractivity contribution >= 4 is 35.9 Å². The molecular weight excluding hydrogens is 234 g/mol. The van der Waals surface area contributed by atoms with Crippen LogP contribution < -0.4 is 5.43 Å². The molecule has 0 aliphatic rings. The van der Waals surface area contributed by atoms with Gasteiger partial charge >= 0.3 is 0 Å². The number of nitrogens with zero attached hydrogens (tertiary/aromatic N) is 2. The summed E-state index contributed by atoms with van der Waals surface area (Å²) in [6.07, 6.45) is 1.64. The molecule has 84 valence electrons. The van der Waals surface area contributed by atoms with E-state index in [0.717, 1.165) is 4.88 Å². The van der Waals surface area contributed by atoms with E-state index in [-0.39, 0.29) is 18.3 Å². The van der Waals surface area contributed by atoms with Crippen molar-refractivity contribution in [1.82, 2.24) is 10.3 Å². The van der Waals surface area contributed by atoms with E-state index < -0.39 is 0 Å². The van der Waals surface area contributed by atoms with Gasteiger partial charge in [-0.15, -0.1) is 23.7 Å². The fourth-order valence-corrected chi connectivity index (χ4v) is 1.44. The van der Waals surface area contributed by atoms with Crippen molar-refractivity contribution in [1.29, 1.82) is 0 Å². The zero-order valence-corrected chi connectivity index (χ0v) is 10.3. The zero-order chi connectivity index (χ0) is 10.4. The van der Waals surface area contributed by atoms with Gasteiger partial charge in [-0.25, -0.2) is 5.43 Å². The number of rotatable bonds is 4. The summed E-state index contributed by atoms with van der Waals surface area (Å²) in [6, 6.07) is 3.87. The molecule has 0 aliphatic carbocycles. The quantitative estimate of drug-likeness (QED) is 0.642. The van der Waals surface area contributed by atoms with Crippen LogP contribution in [0.1, 0.15) is 4.88 Å². The number of hydrogen-bond donors (Lipinski definition) is 1. The predicted molar refractivity (Wildman–Crippen MR) is 65.9 cm³/mol. The first kappa shape index (κ1) is 14.1. The van der Waals surface area contributed by atoms with Crippen LogP contribution in [0.25, 0.3) is 0 Å². The summed E-state index contributed by atoms with van der Waals surface area (Å²) in [5.41, 5.74) is 2.45. The lowest BCUT2D eigenvalue weighted by Gasteiger charge is -2.06. The van der Waals surface area contributed by atoms with Gasteiger partial charge in [0.15, 0.2) is 0 Å². The fourth-order valence-electron chi connectivity index (χ4n) is 0.855. The Morgan fingerprint density at radius 1 is 1.67 bits per heavy atom. The van der Waals surface area contributed by atoms with E-state index in [0.29, 0.717) is 6.54 Å². The smallest absolute Gasteiger partial charge is 0.254 e. The molecule has 0 spiro atoms. The number of hydrazone groups is 1. The van der Waals surface area contributed by atoms with Crippen molar-refractivity contribution in [2.24, 2.45) is 5.10 Å². The van der Waals surface area contributed by atoms with E-state index >= 15 is 0 Å². The van der Waals surface area contributed by atoms with E-state index in [1.165, 1.54) is 0 Å². The molecule has 1 N–H and O–H groups in total. The van der Waals surface area contributed by atoms with Gasteiger partial charge in [0.1, 0.15) is 0 Å². The van der Waals surface area contributed by atoms with Crippen molar-refractivity contribution in [3.8, 4) is 0 Å². The van der Waals surface area contributed by atoms with Crippen LogP contribution in [0.15, 0.2) is 22.6 Å². The van der Waals surface area contributed by atoms with Crippen molar-refractivity contribution in [3.63, 3.8) is 0 Å². The standard InChI is InChI=1S/C9H13N3OS.ClH/c1-12(2)7-9(13)11-10-6-8-4-3-5-14-8;/h3-6H,7H2,1-2H3,(H,11,13);1H/b10-6+;. The summed E-state index contributed by atoms with van der Waals surface area (Å²) >= 11 is 1.58. The number of thiophene rings is 1. The van der Waals surface area contributed by atoms with Gasteiger partial charge in [0.25, 0.3) is 5.91 Å². The number of halogens is 1. The minimum Gasteiger partial charge on any atom is -0.301 e. The van der Waals surface area contributed by atoms with E-state index in [1.54, 1.807) is 22.5 Å². The Labute approximate surface area is 99.4 Å². The monoisotopic (exact) mass is 247 g/mol. The van der Waals surface area contributed by atoms with Gasteiger partial charge in [0, 0.05) is 4.88 Å². The summed E-state index contributed by atoms with van der Waals surface area (Å²) < 4.78 is 0. The number of carbonyl (C=O) groups excluding carboxylic acids is 1. The van der Waals surface area contributed by atoms with Crippen LogP contribution in [-0.4, -0.2) is 37.7 Å². The van der Waals surface area contributed by atoms with Crippen LogP contribution in [0.5, 0.6) is 0 Å². The Bertz CT molecular complexity index is 311. The predicted octanol–water partition coefficient (Wildman–Crippen LogP) is 1.18. The summed E-state index contributed by atoms with van der Waals surface area (Å²) in [7, 11) is 3.67. The first-order valence-electron chi connectivity index (χ1n) is 4.18. The highest BCUT2D eigenvalue weighted by Gasteiger charge is 1.99. The number of hydrogen-bond acceptors (Lipinski definition) is 4. The third kappa shape index (κ3) is 6.22. The molecule has 0 aromatic carbocycles. The minimum absolute atomic E-state index is 0. The fraction of sp³-hybridized carbons (Fsp3) is 0.333. The number of likely N-dealkylation sites (N-methyl/N-ethyl adjacent to an activating group) is 1. The van der Waals surface area contributed by atoms with Crippen molar-refractivity contribution in [2.75, 3.05) is 20.6 Å². The highest BCUT2D eigenvalue weighted by molar-refractivity contribution is 7.11. The van der Waals surface area contributed by atoms with Crippen molar-refractivity contribution in [2.45, 2.75) is 0 Å². The average molecular weight is 248 g/mol. The summed E-state index contributed by atoms with van der Waals surface area (Å²) in [5, 5.41) is 5.79. The van der Waals surface area contributed by atoms with Crippen LogP contribution in [0.4, 0.5) is 0 Å². The molecule has 0 aliphatic heterocycles. The number of nitrogens with one attached hydrogen (secondary N) is 1. The van der Waals surface area contributed by atoms with Crippen LogP contribution in [0.2, 0.25) is 0 Å². The third-order valence-electron chi connectivity index (χ3n) is 1.38. The maximum atomic E-state index is 11.1. The Morgan fingerprint density at radius 3 is 2.93 bits per heavy atom. The minimum atomic E-state index is -0.109. The number of carbonyl (C=O) groups is 1. The van der Waals surface area contributed by atoms with Crippen molar-refractivity contribution < 1.29 is 4.79 Å². The Morgan fingerprint density at radius 2 is 2.40 bits per heavy atom. The summed E-state index contributed by atoms with van der Waals surface area (Å²) in [4.78, 5) is 13.9. The highest BCUT2D eigenvalue weighted by atomic mass is 35.5. The topological polar surface area (TPSA) is 44.7 Å². The summed E-state index contributed by atoms with van der Waals surface area (Å²) in [5.74, 6) is -0.109. The molecule has 0 unspecified atom stereocenters. The van der Waals surface area contributed by atoms with Crippen LogP contribution in [-0.2, 0) is 4.79 Å². The normalized spacial score (nSPS) is 10.3. The molecule has 0 radical (unpaired) electrons. The summed E-state index contributed by atoms with van der Waals surface area (Å²) in [6.45, 7) is 0.349. The molecule has 4 nitrogen and oxygen atoms in total. The number of amides is 1. The molecule has 0 saturated heterocycles. The molecule has 6 heteroatoms. The Kier molecular flexibility index (Phi) is 6.94. The van der Waals surface area contributed by atoms with Crippen LogP contribution in [0.3, 0.4) is 0 Å².